The lowest BCUT2D eigenvalue weighted by atomic mass is 9.79. The Balaban J connectivity index is 1.98. The molecule has 27 heavy (non-hydrogen) atoms. The number of hydrogen-bond acceptors (Lipinski definition) is 4. The van der Waals surface area contributed by atoms with E-state index in [-0.39, 0.29) is 17.3 Å². The average Bonchev–Trinajstić information content (AvgIpc) is 2.61. The fourth-order valence-electron chi connectivity index (χ4n) is 3.03. The number of amides is 2. The number of ketones is 1. The molecular weight excluding hydrogens is 452 g/mol. The van der Waals surface area contributed by atoms with Crippen molar-refractivity contribution in [2.75, 3.05) is 0 Å². The van der Waals surface area contributed by atoms with E-state index in [1.165, 1.54) is 0 Å². The highest BCUT2D eigenvalue weighted by Gasteiger charge is 2.41. The molecule has 3 rings (SSSR count). The molecule has 1 heterocycles. The second-order valence-electron chi connectivity index (χ2n) is 6.05. The second kappa shape index (κ2) is 8.29. The maximum Gasteiger partial charge on any atom is 0.239 e. The Hall–Kier alpha value is -2.09. The quantitative estimate of drug-likeness (QED) is 0.402. The van der Waals surface area contributed by atoms with Crippen LogP contribution in [-0.2, 0) is 9.59 Å². The number of carbonyl (C=O) groups excluding carboxylic acids is 3. The summed E-state index contributed by atoms with van der Waals surface area (Å²) in [6.07, 6.45) is -0.0253. The molecule has 5 nitrogen and oxygen atoms in total. The van der Waals surface area contributed by atoms with Crippen molar-refractivity contribution in [3.05, 3.63) is 69.2 Å². The van der Waals surface area contributed by atoms with Gasteiger partial charge in [0.2, 0.25) is 11.8 Å². The first kappa shape index (κ1) is 19.7. The highest BCUT2D eigenvalue weighted by atomic mass is 79.9. The first-order valence-electron chi connectivity index (χ1n) is 8.05. The molecule has 0 radical (unpaired) electrons. The molecule has 0 unspecified atom stereocenters. The van der Waals surface area contributed by atoms with Gasteiger partial charge in [0.15, 0.2) is 10.9 Å². The Kier molecular flexibility index (Phi) is 6.04. The Morgan fingerprint density at radius 2 is 1.67 bits per heavy atom. The van der Waals surface area contributed by atoms with E-state index < -0.39 is 23.7 Å². The monoisotopic (exact) mass is 464 g/mol. The smallest absolute Gasteiger partial charge is 0.239 e. The van der Waals surface area contributed by atoms with Crippen molar-refractivity contribution in [3.8, 4) is 0 Å². The fourth-order valence-corrected chi connectivity index (χ4v) is 3.94. The molecule has 1 fully saturated rings. The van der Waals surface area contributed by atoms with E-state index in [0.717, 1.165) is 0 Å². The van der Waals surface area contributed by atoms with Crippen LogP contribution in [0.2, 0.25) is 5.02 Å². The summed E-state index contributed by atoms with van der Waals surface area (Å²) < 4.78 is 0.715. The van der Waals surface area contributed by atoms with Crippen LogP contribution in [0.1, 0.15) is 28.3 Å². The fraction of sp³-hybridized carbons (Fsp3) is 0.158. The third-order valence-electron chi connectivity index (χ3n) is 4.32. The highest BCUT2D eigenvalue weighted by molar-refractivity contribution is 9.10. The lowest BCUT2D eigenvalue weighted by Gasteiger charge is -2.29. The molecule has 2 aromatic rings. The Bertz CT molecular complexity index is 913. The van der Waals surface area contributed by atoms with E-state index in [2.05, 4.69) is 26.6 Å². The Morgan fingerprint density at radius 3 is 2.26 bits per heavy atom. The van der Waals surface area contributed by atoms with Crippen molar-refractivity contribution >= 4 is 62.5 Å². The van der Waals surface area contributed by atoms with Crippen molar-refractivity contribution < 1.29 is 14.4 Å². The van der Waals surface area contributed by atoms with Crippen LogP contribution in [-0.4, -0.2) is 22.7 Å². The summed E-state index contributed by atoms with van der Waals surface area (Å²) in [4.78, 5) is 37.8. The highest BCUT2D eigenvalue weighted by Crippen LogP contribution is 2.35. The second-order valence-corrected chi connectivity index (χ2v) is 7.75. The van der Waals surface area contributed by atoms with Gasteiger partial charge in [-0.2, -0.15) is 0 Å². The van der Waals surface area contributed by atoms with Crippen molar-refractivity contribution in [3.63, 3.8) is 0 Å². The van der Waals surface area contributed by atoms with Gasteiger partial charge in [-0.05, 0) is 48.1 Å². The van der Waals surface area contributed by atoms with Crippen LogP contribution in [0.25, 0.3) is 0 Å². The SMILES string of the molecule is O=C(C[C@H](c1ccccc1Br)C1C(=O)NC(=S)NC1=O)c1ccc(Cl)cc1. The van der Waals surface area contributed by atoms with Gasteiger partial charge in [0.25, 0.3) is 0 Å². The summed E-state index contributed by atoms with van der Waals surface area (Å²) in [6, 6.07) is 13.7. The van der Waals surface area contributed by atoms with Crippen LogP contribution >= 0.6 is 39.7 Å². The van der Waals surface area contributed by atoms with Crippen LogP contribution in [0.5, 0.6) is 0 Å². The number of benzene rings is 2. The summed E-state index contributed by atoms with van der Waals surface area (Å²) >= 11 is 14.2. The summed E-state index contributed by atoms with van der Waals surface area (Å²) in [5.41, 5.74) is 1.16. The summed E-state index contributed by atoms with van der Waals surface area (Å²) in [5.74, 6) is -2.97. The molecule has 2 amide bonds. The van der Waals surface area contributed by atoms with Crippen molar-refractivity contribution in [1.29, 1.82) is 0 Å². The summed E-state index contributed by atoms with van der Waals surface area (Å²) in [7, 11) is 0. The van der Waals surface area contributed by atoms with Crippen LogP contribution in [0.4, 0.5) is 0 Å². The van der Waals surface area contributed by atoms with Crippen molar-refractivity contribution in [2.45, 2.75) is 12.3 Å². The molecule has 8 heteroatoms. The first-order chi connectivity index (χ1) is 12.9. The molecule has 2 aromatic carbocycles. The van der Waals surface area contributed by atoms with E-state index in [1.807, 2.05) is 6.07 Å². The number of nitrogens with one attached hydrogen (secondary N) is 2. The van der Waals surface area contributed by atoms with Crippen LogP contribution in [0, 0.1) is 5.92 Å². The number of rotatable bonds is 5. The maximum absolute atomic E-state index is 12.8. The minimum absolute atomic E-state index is 0.0253. The molecule has 0 aliphatic carbocycles. The van der Waals surface area contributed by atoms with Gasteiger partial charge < -0.3 is 10.6 Å². The topological polar surface area (TPSA) is 75.3 Å². The summed E-state index contributed by atoms with van der Waals surface area (Å²) in [6.45, 7) is 0. The minimum atomic E-state index is -1.08. The lowest BCUT2D eigenvalue weighted by molar-refractivity contribution is -0.136. The van der Waals surface area contributed by atoms with E-state index in [4.69, 9.17) is 23.8 Å². The predicted molar refractivity (Wildman–Crippen MR) is 110 cm³/mol. The average molecular weight is 466 g/mol. The molecule has 0 bridgehead atoms. The molecular formula is C19H14BrClN2O3S. The van der Waals surface area contributed by atoms with Crippen LogP contribution < -0.4 is 10.6 Å². The van der Waals surface area contributed by atoms with Gasteiger partial charge in [-0.15, -0.1) is 0 Å². The van der Waals surface area contributed by atoms with Gasteiger partial charge in [-0.25, -0.2) is 0 Å². The van der Waals surface area contributed by atoms with Crippen LogP contribution in [0.15, 0.2) is 53.0 Å². The molecule has 2 N–H and O–H groups in total. The van der Waals surface area contributed by atoms with Crippen LogP contribution in [0.3, 0.4) is 0 Å². The van der Waals surface area contributed by atoms with E-state index in [1.54, 1.807) is 42.5 Å². The van der Waals surface area contributed by atoms with Gasteiger partial charge in [0.05, 0.1) is 0 Å². The number of halogens is 2. The maximum atomic E-state index is 12.8. The molecule has 138 valence electrons. The van der Waals surface area contributed by atoms with Gasteiger partial charge in [0.1, 0.15) is 5.92 Å². The predicted octanol–water partition coefficient (Wildman–Crippen LogP) is 3.61. The largest absolute Gasteiger partial charge is 0.302 e. The van der Waals surface area contributed by atoms with Gasteiger partial charge in [-0.1, -0.05) is 45.7 Å². The zero-order chi connectivity index (χ0) is 19.6. The third kappa shape index (κ3) is 4.43. The molecule has 0 saturated carbocycles. The minimum Gasteiger partial charge on any atom is -0.302 e. The molecule has 1 aliphatic rings. The van der Waals surface area contributed by atoms with Gasteiger partial charge >= 0.3 is 0 Å². The molecule has 1 saturated heterocycles. The number of carbonyl (C=O) groups is 3. The van der Waals surface area contributed by atoms with E-state index in [9.17, 15) is 14.4 Å². The molecule has 1 atom stereocenters. The normalized spacial score (nSPS) is 15.9. The lowest BCUT2D eigenvalue weighted by Crippen LogP contribution is -2.57. The van der Waals surface area contributed by atoms with E-state index in [0.29, 0.717) is 20.6 Å². The Morgan fingerprint density at radius 1 is 1.07 bits per heavy atom. The Labute approximate surface area is 174 Å². The molecule has 0 spiro atoms. The van der Waals surface area contributed by atoms with E-state index >= 15 is 0 Å². The van der Waals surface area contributed by atoms with Crippen molar-refractivity contribution in [2.24, 2.45) is 5.92 Å². The van der Waals surface area contributed by atoms with Gasteiger partial charge in [-0.3, -0.25) is 14.4 Å². The zero-order valence-corrected chi connectivity index (χ0v) is 17.0. The number of Topliss-reactive ketones (excluding diaryl/α,β-unsaturated/α-hetero) is 1. The first-order valence-corrected chi connectivity index (χ1v) is 9.63. The standard InChI is InChI=1S/C19H14BrClN2O3S/c20-14-4-2-1-3-12(14)13(16-17(25)22-19(27)23-18(16)26)9-15(24)10-5-7-11(21)8-6-10/h1-8,13,16H,9H2,(H2,22,23,25,26,27)/t13-/m1/s1. The van der Waals surface area contributed by atoms with Gasteiger partial charge in [0, 0.05) is 27.4 Å². The molecule has 1 aliphatic heterocycles. The summed E-state index contributed by atoms with van der Waals surface area (Å²) in [5, 5.41) is 5.42. The third-order valence-corrected chi connectivity index (χ3v) is 5.50. The molecule has 0 aromatic heterocycles. The zero-order valence-electron chi connectivity index (χ0n) is 13.9. The van der Waals surface area contributed by atoms with Crippen molar-refractivity contribution in [1.82, 2.24) is 10.6 Å². The number of hydrogen-bond donors (Lipinski definition) is 2. The number of thiocarbonyl (C=S) groups is 1.